The van der Waals surface area contributed by atoms with Crippen molar-refractivity contribution in [2.24, 2.45) is 0 Å². The number of allylic oxidation sites excluding steroid dienone is 1. The van der Waals surface area contributed by atoms with Crippen LogP contribution in [0.2, 0.25) is 0 Å². The van der Waals surface area contributed by atoms with Crippen LogP contribution in [0.3, 0.4) is 0 Å². The van der Waals surface area contributed by atoms with Crippen LogP contribution in [0.4, 0.5) is 4.39 Å². The predicted octanol–water partition coefficient (Wildman–Crippen LogP) is 3.83. The SMILES string of the molecule is C=CCCCC[C@H](c1ccc(F)c(C)c1)N1CCNCC1. The Hall–Kier alpha value is -1.19. The van der Waals surface area contributed by atoms with E-state index in [1.807, 2.05) is 25.1 Å². The molecule has 0 bridgehead atoms. The van der Waals surface area contributed by atoms with Crippen molar-refractivity contribution in [3.05, 3.63) is 47.8 Å². The van der Waals surface area contributed by atoms with Gasteiger partial charge in [0.05, 0.1) is 0 Å². The topological polar surface area (TPSA) is 15.3 Å². The van der Waals surface area contributed by atoms with E-state index in [1.165, 1.54) is 18.4 Å². The van der Waals surface area contributed by atoms with Crippen LogP contribution in [-0.2, 0) is 0 Å². The summed E-state index contributed by atoms with van der Waals surface area (Å²) in [6.45, 7) is 9.87. The van der Waals surface area contributed by atoms with Crippen LogP contribution in [0, 0.1) is 12.7 Å². The van der Waals surface area contributed by atoms with Crippen molar-refractivity contribution in [3.63, 3.8) is 0 Å². The molecule has 0 aromatic heterocycles. The molecule has 1 heterocycles. The maximum atomic E-state index is 13.5. The summed E-state index contributed by atoms with van der Waals surface area (Å²) in [6.07, 6.45) is 6.58. The maximum Gasteiger partial charge on any atom is 0.126 e. The van der Waals surface area contributed by atoms with Crippen molar-refractivity contribution in [2.45, 2.75) is 38.6 Å². The second-order valence-corrected chi connectivity index (χ2v) is 5.88. The van der Waals surface area contributed by atoms with E-state index in [-0.39, 0.29) is 5.82 Å². The molecule has 0 unspecified atom stereocenters. The molecule has 2 rings (SSSR count). The van der Waals surface area contributed by atoms with Crippen molar-refractivity contribution in [2.75, 3.05) is 26.2 Å². The molecule has 1 aromatic carbocycles. The third-order valence-corrected chi connectivity index (χ3v) is 4.29. The first-order valence-corrected chi connectivity index (χ1v) is 8.04. The van der Waals surface area contributed by atoms with Crippen LogP contribution >= 0.6 is 0 Å². The third-order valence-electron chi connectivity index (χ3n) is 4.29. The molecule has 1 aliphatic rings. The molecule has 1 saturated heterocycles. The number of hydrogen-bond acceptors (Lipinski definition) is 2. The van der Waals surface area contributed by atoms with E-state index < -0.39 is 0 Å². The van der Waals surface area contributed by atoms with Gasteiger partial charge in [-0.3, -0.25) is 4.90 Å². The zero-order valence-electron chi connectivity index (χ0n) is 13.1. The highest BCUT2D eigenvalue weighted by Gasteiger charge is 2.22. The Bertz CT molecular complexity index is 453. The van der Waals surface area contributed by atoms with Gasteiger partial charge in [0.15, 0.2) is 0 Å². The van der Waals surface area contributed by atoms with Crippen LogP contribution < -0.4 is 5.32 Å². The van der Waals surface area contributed by atoms with Gasteiger partial charge in [0.2, 0.25) is 0 Å². The fourth-order valence-corrected chi connectivity index (χ4v) is 3.06. The van der Waals surface area contributed by atoms with E-state index in [0.717, 1.165) is 44.6 Å². The molecule has 0 radical (unpaired) electrons. The minimum atomic E-state index is -0.107. The molecule has 0 saturated carbocycles. The van der Waals surface area contributed by atoms with Gasteiger partial charge < -0.3 is 5.32 Å². The molecule has 0 amide bonds. The molecule has 1 atom stereocenters. The average molecular weight is 290 g/mol. The zero-order chi connectivity index (χ0) is 15.1. The smallest absolute Gasteiger partial charge is 0.126 e. The van der Waals surface area contributed by atoms with Gasteiger partial charge in [-0.05, 0) is 43.4 Å². The van der Waals surface area contributed by atoms with Gasteiger partial charge in [-0.25, -0.2) is 4.39 Å². The summed E-state index contributed by atoms with van der Waals surface area (Å²) in [5.74, 6) is -0.107. The number of aryl methyl sites for hydroxylation is 1. The van der Waals surface area contributed by atoms with Gasteiger partial charge in [-0.2, -0.15) is 0 Å². The van der Waals surface area contributed by atoms with Gasteiger partial charge in [0.25, 0.3) is 0 Å². The Morgan fingerprint density at radius 2 is 2.10 bits per heavy atom. The second kappa shape index (κ2) is 8.30. The second-order valence-electron chi connectivity index (χ2n) is 5.88. The summed E-state index contributed by atoms with van der Waals surface area (Å²) in [7, 11) is 0. The minimum absolute atomic E-state index is 0.107. The lowest BCUT2D eigenvalue weighted by Gasteiger charge is -2.35. The summed E-state index contributed by atoms with van der Waals surface area (Å²) in [6, 6.07) is 6.01. The molecule has 21 heavy (non-hydrogen) atoms. The van der Waals surface area contributed by atoms with Crippen molar-refractivity contribution < 1.29 is 4.39 Å². The van der Waals surface area contributed by atoms with Gasteiger partial charge in [0.1, 0.15) is 5.82 Å². The number of piperazine rings is 1. The molecular weight excluding hydrogens is 263 g/mol. The fourth-order valence-electron chi connectivity index (χ4n) is 3.06. The normalized spacial score (nSPS) is 17.6. The van der Waals surface area contributed by atoms with Crippen molar-refractivity contribution in [1.82, 2.24) is 10.2 Å². The van der Waals surface area contributed by atoms with Gasteiger partial charge in [0, 0.05) is 32.2 Å². The Labute approximate surface area is 128 Å². The first-order valence-electron chi connectivity index (χ1n) is 8.04. The number of nitrogens with zero attached hydrogens (tertiary/aromatic N) is 1. The van der Waals surface area contributed by atoms with Gasteiger partial charge in [-0.15, -0.1) is 6.58 Å². The summed E-state index contributed by atoms with van der Waals surface area (Å²) in [5.41, 5.74) is 2.01. The van der Waals surface area contributed by atoms with Crippen LogP contribution in [-0.4, -0.2) is 31.1 Å². The van der Waals surface area contributed by atoms with E-state index in [1.54, 1.807) is 6.07 Å². The molecule has 116 valence electrons. The van der Waals surface area contributed by atoms with Gasteiger partial charge >= 0.3 is 0 Å². The lowest BCUT2D eigenvalue weighted by atomic mass is 9.96. The summed E-state index contributed by atoms with van der Waals surface area (Å²) in [5, 5.41) is 3.40. The Morgan fingerprint density at radius 1 is 1.33 bits per heavy atom. The Kier molecular flexibility index (Phi) is 6.40. The van der Waals surface area contributed by atoms with Crippen LogP contribution in [0.25, 0.3) is 0 Å². The molecule has 0 spiro atoms. The number of benzene rings is 1. The number of unbranched alkanes of at least 4 members (excludes halogenated alkanes) is 2. The molecule has 1 N–H and O–H groups in total. The first kappa shape index (κ1) is 16.2. The highest BCUT2D eigenvalue weighted by molar-refractivity contribution is 5.26. The first-order chi connectivity index (χ1) is 10.2. The number of nitrogens with one attached hydrogen (secondary N) is 1. The van der Waals surface area contributed by atoms with Crippen molar-refractivity contribution in [1.29, 1.82) is 0 Å². The lowest BCUT2D eigenvalue weighted by Crippen LogP contribution is -2.45. The standard InChI is InChI=1S/C18H27FN2/c1-3-4-5-6-7-18(21-12-10-20-11-13-21)16-8-9-17(19)15(2)14-16/h3,8-9,14,18,20H,1,4-7,10-13H2,2H3/t18-/m1/s1. The fraction of sp³-hybridized carbons (Fsp3) is 0.556. The highest BCUT2D eigenvalue weighted by atomic mass is 19.1. The van der Waals surface area contributed by atoms with E-state index in [2.05, 4.69) is 16.8 Å². The van der Waals surface area contributed by atoms with E-state index >= 15 is 0 Å². The average Bonchev–Trinajstić information content (AvgIpc) is 2.51. The highest BCUT2D eigenvalue weighted by Crippen LogP contribution is 2.28. The lowest BCUT2D eigenvalue weighted by molar-refractivity contribution is 0.163. The number of hydrogen-bond donors (Lipinski definition) is 1. The van der Waals surface area contributed by atoms with Crippen LogP contribution in [0.5, 0.6) is 0 Å². The van der Waals surface area contributed by atoms with E-state index in [9.17, 15) is 4.39 Å². The molecule has 2 nitrogen and oxygen atoms in total. The van der Waals surface area contributed by atoms with Crippen molar-refractivity contribution >= 4 is 0 Å². The zero-order valence-corrected chi connectivity index (χ0v) is 13.1. The van der Waals surface area contributed by atoms with E-state index in [4.69, 9.17) is 0 Å². The molecule has 1 fully saturated rings. The Morgan fingerprint density at radius 3 is 2.76 bits per heavy atom. The molecule has 3 heteroatoms. The van der Waals surface area contributed by atoms with Crippen LogP contribution in [0.1, 0.15) is 42.9 Å². The molecule has 0 aliphatic carbocycles. The summed E-state index contributed by atoms with van der Waals surface area (Å²) in [4.78, 5) is 2.54. The number of halogens is 1. The molecule has 1 aromatic rings. The minimum Gasteiger partial charge on any atom is -0.314 e. The third kappa shape index (κ3) is 4.65. The maximum absolute atomic E-state index is 13.5. The molecule has 1 aliphatic heterocycles. The molecular formula is C18H27FN2. The number of rotatable bonds is 7. The predicted molar refractivity (Wildman–Crippen MR) is 87.0 cm³/mol. The Balaban J connectivity index is 2.09. The van der Waals surface area contributed by atoms with Crippen LogP contribution in [0.15, 0.2) is 30.9 Å². The van der Waals surface area contributed by atoms with Crippen molar-refractivity contribution in [3.8, 4) is 0 Å². The van der Waals surface area contributed by atoms with Gasteiger partial charge in [-0.1, -0.05) is 24.6 Å². The quantitative estimate of drug-likeness (QED) is 0.606. The monoisotopic (exact) mass is 290 g/mol. The van der Waals surface area contributed by atoms with E-state index in [0.29, 0.717) is 6.04 Å². The summed E-state index contributed by atoms with van der Waals surface area (Å²) < 4.78 is 13.5. The largest absolute Gasteiger partial charge is 0.314 e. The summed E-state index contributed by atoms with van der Waals surface area (Å²) >= 11 is 0.